The van der Waals surface area contributed by atoms with Crippen molar-refractivity contribution in [2.24, 2.45) is 5.73 Å². The number of para-hydroxylation sites is 2. The van der Waals surface area contributed by atoms with Crippen molar-refractivity contribution in [1.29, 1.82) is 0 Å². The van der Waals surface area contributed by atoms with E-state index in [0.717, 1.165) is 23.3 Å². The van der Waals surface area contributed by atoms with E-state index in [1.807, 2.05) is 38.1 Å². The van der Waals surface area contributed by atoms with Gasteiger partial charge in [-0.25, -0.2) is 4.98 Å². The first-order chi connectivity index (χ1) is 9.36. The van der Waals surface area contributed by atoms with Gasteiger partial charge in [0.15, 0.2) is 0 Å². The van der Waals surface area contributed by atoms with Gasteiger partial charge in [0, 0.05) is 12.5 Å². The number of aromatic nitrogens is 2. The van der Waals surface area contributed by atoms with Crippen molar-refractivity contribution in [2.75, 3.05) is 0 Å². The summed E-state index contributed by atoms with van der Waals surface area (Å²) in [5.41, 5.74) is 6.59. The van der Waals surface area contributed by atoms with Crippen LogP contribution in [0, 0.1) is 0 Å². The third kappa shape index (κ3) is 2.54. The zero-order valence-corrected chi connectivity index (χ0v) is 12.1. The third-order valence-electron chi connectivity index (χ3n) is 3.63. The predicted molar refractivity (Wildman–Crippen MR) is 78.7 cm³/mol. The number of imidazole rings is 1. The molecular formula is C15H21N3O2. The van der Waals surface area contributed by atoms with Gasteiger partial charge in [-0.15, -0.1) is 0 Å². The second-order valence-corrected chi connectivity index (χ2v) is 5.52. The van der Waals surface area contributed by atoms with E-state index in [2.05, 4.69) is 9.55 Å². The van der Waals surface area contributed by atoms with E-state index in [0.29, 0.717) is 6.42 Å². The minimum atomic E-state index is -1.24. The van der Waals surface area contributed by atoms with Crippen LogP contribution in [0.4, 0.5) is 0 Å². The number of carboxylic acid groups (broad SMARTS) is 1. The van der Waals surface area contributed by atoms with Crippen LogP contribution in [0.3, 0.4) is 0 Å². The van der Waals surface area contributed by atoms with Crippen LogP contribution in [0.5, 0.6) is 0 Å². The number of nitrogens with two attached hydrogens (primary N) is 1. The highest BCUT2D eigenvalue weighted by molar-refractivity contribution is 5.78. The summed E-state index contributed by atoms with van der Waals surface area (Å²) in [5.74, 6) is -0.0216. The van der Waals surface area contributed by atoms with E-state index < -0.39 is 11.5 Å². The lowest BCUT2D eigenvalue weighted by molar-refractivity contribution is -0.143. The van der Waals surface area contributed by atoms with E-state index >= 15 is 0 Å². The van der Waals surface area contributed by atoms with Crippen LogP contribution in [-0.4, -0.2) is 26.2 Å². The summed E-state index contributed by atoms with van der Waals surface area (Å²) in [5, 5.41) is 9.18. The van der Waals surface area contributed by atoms with Crippen molar-refractivity contribution in [1.82, 2.24) is 9.55 Å². The summed E-state index contributed by atoms with van der Waals surface area (Å²) in [6.45, 7) is 5.58. The fraction of sp³-hybridized carbons (Fsp3) is 0.467. The van der Waals surface area contributed by atoms with Crippen molar-refractivity contribution in [3.8, 4) is 0 Å². The monoisotopic (exact) mass is 275 g/mol. The number of aryl methyl sites for hydroxylation is 1. The quantitative estimate of drug-likeness (QED) is 0.877. The number of carboxylic acids is 1. The highest BCUT2D eigenvalue weighted by atomic mass is 16.4. The van der Waals surface area contributed by atoms with Crippen LogP contribution < -0.4 is 5.73 Å². The molecule has 0 amide bonds. The van der Waals surface area contributed by atoms with Gasteiger partial charge in [0.1, 0.15) is 11.4 Å². The average Bonchev–Trinajstić information content (AvgIpc) is 2.76. The predicted octanol–water partition coefficient (Wildman–Crippen LogP) is 2.35. The molecule has 0 radical (unpaired) electrons. The SMILES string of the molecule is CCc1nc2ccccc2n1C(C)CC(C)(N)C(=O)O. The second kappa shape index (κ2) is 5.25. The van der Waals surface area contributed by atoms with Gasteiger partial charge in [-0.1, -0.05) is 19.1 Å². The summed E-state index contributed by atoms with van der Waals surface area (Å²) in [7, 11) is 0. The van der Waals surface area contributed by atoms with Crippen LogP contribution in [0.25, 0.3) is 11.0 Å². The molecule has 0 aliphatic heterocycles. The smallest absolute Gasteiger partial charge is 0.323 e. The van der Waals surface area contributed by atoms with Gasteiger partial charge in [-0.3, -0.25) is 4.79 Å². The van der Waals surface area contributed by atoms with Crippen LogP contribution in [0.15, 0.2) is 24.3 Å². The van der Waals surface area contributed by atoms with Gasteiger partial charge < -0.3 is 15.4 Å². The first-order valence-corrected chi connectivity index (χ1v) is 6.85. The Bertz CT molecular complexity index is 631. The first kappa shape index (κ1) is 14.5. The summed E-state index contributed by atoms with van der Waals surface area (Å²) in [6.07, 6.45) is 1.16. The Hall–Kier alpha value is -1.88. The lowest BCUT2D eigenvalue weighted by atomic mass is 9.95. The highest BCUT2D eigenvalue weighted by Gasteiger charge is 2.31. The number of fused-ring (bicyclic) bond motifs is 1. The van der Waals surface area contributed by atoms with Crippen molar-refractivity contribution in [3.63, 3.8) is 0 Å². The Morgan fingerprint density at radius 2 is 2.15 bits per heavy atom. The van der Waals surface area contributed by atoms with Gasteiger partial charge in [-0.05, 0) is 32.4 Å². The van der Waals surface area contributed by atoms with Crippen LogP contribution in [0.2, 0.25) is 0 Å². The Kier molecular flexibility index (Phi) is 3.81. The normalized spacial score (nSPS) is 16.0. The molecule has 108 valence electrons. The van der Waals surface area contributed by atoms with Crippen LogP contribution >= 0.6 is 0 Å². The van der Waals surface area contributed by atoms with Crippen molar-refractivity contribution in [3.05, 3.63) is 30.1 Å². The van der Waals surface area contributed by atoms with Gasteiger partial charge in [0.05, 0.1) is 11.0 Å². The molecule has 1 heterocycles. The summed E-state index contributed by atoms with van der Waals surface area (Å²) >= 11 is 0. The highest BCUT2D eigenvalue weighted by Crippen LogP contribution is 2.26. The molecule has 2 atom stereocenters. The van der Waals surface area contributed by atoms with Crippen LogP contribution in [-0.2, 0) is 11.2 Å². The Morgan fingerprint density at radius 1 is 1.50 bits per heavy atom. The van der Waals surface area contributed by atoms with E-state index in [9.17, 15) is 9.90 Å². The minimum absolute atomic E-state index is 0.0246. The summed E-state index contributed by atoms with van der Waals surface area (Å²) < 4.78 is 2.10. The molecule has 0 spiro atoms. The number of nitrogens with zero attached hydrogens (tertiary/aromatic N) is 2. The largest absolute Gasteiger partial charge is 0.480 e. The second-order valence-electron chi connectivity index (χ2n) is 5.52. The first-order valence-electron chi connectivity index (χ1n) is 6.85. The summed E-state index contributed by atoms with van der Waals surface area (Å²) in [6, 6.07) is 7.87. The molecule has 2 unspecified atom stereocenters. The van der Waals surface area contributed by atoms with Crippen LogP contribution in [0.1, 0.15) is 39.1 Å². The van der Waals surface area contributed by atoms with Gasteiger partial charge in [0.2, 0.25) is 0 Å². The molecule has 2 aromatic rings. The maximum absolute atomic E-state index is 11.2. The topological polar surface area (TPSA) is 81.1 Å². The number of carbonyl (C=O) groups is 1. The molecule has 0 aliphatic carbocycles. The lowest BCUT2D eigenvalue weighted by Crippen LogP contribution is -2.46. The Labute approximate surface area is 118 Å². The molecule has 3 N–H and O–H groups in total. The Balaban J connectivity index is 2.43. The average molecular weight is 275 g/mol. The molecule has 1 aromatic heterocycles. The molecule has 5 heteroatoms. The molecule has 0 saturated carbocycles. The maximum Gasteiger partial charge on any atom is 0.323 e. The van der Waals surface area contributed by atoms with Gasteiger partial charge in [0.25, 0.3) is 0 Å². The van der Waals surface area contributed by atoms with E-state index in [1.165, 1.54) is 0 Å². The number of hydrogen-bond donors (Lipinski definition) is 2. The van der Waals surface area contributed by atoms with E-state index in [-0.39, 0.29) is 6.04 Å². The standard InChI is InChI=1S/C15H21N3O2/c1-4-13-17-11-7-5-6-8-12(11)18(13)10(2)9-15(3,16)14(19)20/h5-8,10H,4,9,16H2,1-3H3,(H,19,20). The molecular weight excluding hydrogens is 254 g/mol. The number of hydrogen-bond acceptors (Lipinski definition) is 3. The molecule has 0 fully saturated rings. The maximum atomic E-state index is 11.2. The van der Waals surface area contributed by atoms with Gasteiger partial charge in [-0.2, -0.15) is 0 Å². The van der Waals surface area contributed by atoms with E-state index in [1.54, 1.807) is 6.92 Å². The van der Waals surface area contributed by atoms with E-state index in [4.69, 9.17) is 5.73 Å². The van der Waals surface area contributed by atoms with Crippen molar-refractivity contribution >= 4 is 17.0 Å². The number of aliphatic carboxylic acids is 1. The minimum Gasteiger partial charge on any atom is -0.480 e. The zero-order chi connectivity index (χ0) is 14.9. The number of rotatable bonds is 5. The number of benzene rings is 1. The van der Waals surface area contributed by atoms with Crippen molar-refractivity contribution < 1.29 is 9.90 Å². The molecule has 0 bridgehead atoms. The fourth-order valence-electron chi connectivity index (χ4n) is 2.63. The Morgan fingerprint density at radius 3 is 2.75 bits per heavy atom. The van der Waals surface area contributed by atoms with Gasteiger partial charge >= 0.3 is 5.97 Å². The molecule has 2 rings (SSSR count). The summed E-state index contributed by atoms with van der Waals surface area (Å²) in [4.78, 5) is 15.8. The molecule has 5 nitrogen and oxygen atoms in total. The molecule has 20 heavy (non-hydrogen) atoms. The molecule has 1 aromatic carbocycles. The lowest BCUT2D eigenvalue weighted by Gasteiger charge is -2.25. The fourth-order valence-corrected chi connectivity index (χ4v) is 2.63. The molecule has 0 saturated heterocycles. The van der Waals surface area contributed by atoms with Crippen molar-refractivity contribution in [2.45, 2.75) is 45.2 Å². The molecule has 0 aliphatic rings. The zero-order valence-electron chi connectivity index (χ0n) is 12.1. The third-order valence-corrected chi connectivity index (χ3v) is 3.63.